The van der Waals surface area contributed by atoms with E-state index < -0.39 is 5.60 Å². The summed E-state index contributed by atoms with van der Waals surface area (Å²) in [5, 5.41) is 16.4. The van der Waals surface area contributed by atoms with E-state index in [9.17, 15) is 5.11 Å². The molecule has 0 radical (unpaired) electrons. The Labute approximate surface area is 128 Å². The van der Waals surface area contributed by atoms with Crippen molar-refractivity contribution < 1.29 is 5.11 Å². The van der Waals surface area contributed by atoms with Gasteiger partial charge < -0.3 is 10.4 Å². The van der Waals surface area contributed by atoms with Gasteiger partial charge in [0.25, 0.3) is 0 Å². The smallest absolute Gasteiger partial charge is 0.0819 e. The maximum Gasteiger partial charge on any atom is 0.0819 e. The molecule has 20 heavy (non-hydrogen) atoms. The topological polar surface area (TPSA) is 32.3 Å². The van der Waals surface area contributed by atoms with Gasteiger partial charge in [-0.1, -0.05) is 47.3 Å². The molecule has 2 N–H and O–H groups in total. The Morgan fingerprint density at radius 1 is 1.00 bits per heavy atom. The predicted octanol–water partition coefficient (Wildman–Crippen LogP) is 4.71. The second-order valence-electron chi connectivity index (χ2n) is 5.84. The molecule has 0 spiro atoms. The highest BCUT2D eigenvalue weighted by molar-refractivity contribution is 9.10. The van der Waals surface area contributed by atoms with Crippen LogP contribution in [0.25, 0.3) is 10.8 Å². The summed E-state index contributed by atoms with van der Waals surface area (Å²) in [6.07, 6.45) is 5.38. The van der Waals surface area contributed by atoms with Crippen molar-refractivity contribution in [3.05, 3.63) is 40.9 Å². The normalized spacial score (nSPS) is 18.1. The van der Waals surface area contributed by atoms with Crippen LogP contribution in [0.3, 0.4) is 0 Å². The van der Waals surface area contributed by atoms with Crippen LogP contribution in [0, 0.1) is 0 Å². The van der Waals surface area contributed by atoms with Crippen LogP contribution in [0.15, 0.2) is 40.9 Å². The van der Waals surface area contributed by atoms with Gasteiger partial charge in [-0.25, -0.2) is 0 Å². The number of rotatable bonds is 3. The summed E-state index contributed by atoms with van der Waals surface area (Å²) < 4.78 is 1.10. The Balaban J connectivity index is 1.72. The molecular weight excluding hydrogens is 314 g/mol. The molecule has 3 heteroatoms. The highest BCUT2D eigenvalue weighted by Gasteiger charge is 2.28. The van der Waals surface area contributed by atoms with Crippen LogP contribution < -0.4 is 5.32 Å². The Bertz CT molecular complexity index is 605. The van der Waals surface area contributed by atoms with Crippen molar-refractivity contribution >= 4 is 32.4 Å². The summed E-state index contributed by atoms with van der Waals surface area (Å²) in [5.74, 6) is 0. The minimum atomic E-state index is -0.521. The zero-order chi connectivity index (χ0) is 14.0. The molecule has 3 rings (SSSR count). The Morgan fingerprint density at radius 2 is 1.70 bits per heavy atom. The van der Waals surface area contributed by atoms with E-state index in [4.69, 9.17) is 0 Å². The van der Waals surface area contributed by atoms with Gasteiger partial charge in [-0.15, -0.1) is 0 Å². The lowest BCUT2D eigenvalue weighted by Gasteiger charge is -2.32. The zero-order valence-corrected chi connectivity index (χ0v) is 13.1. The third kappa shape index (κ3) is 3.15. The molecule has 0 bridgehead atoms. The number of benzene rings is 2. The van der Waals surface area contributed by atoms with Gasteiger partial charge in [0.2, 0.25) is 0 Å². The van der Waals surface area contributed by atoms with E-state index in [1.54, 1.807) is 0 Å². The van der Waals surface area contributed by atoms with Gasteiger partial charge in [-0.3, -0.25) is 0 Å². The highest BCUT2D eigenvalue weighted by atomic mass is 79.9. The van der Waals surface area contributed by atoms with Crippen molar-refractivity contribution in [2.24, 2.45) is 0 Å². The van der Waals surface area contributed by atoms with Crippen LogP contribution >= 0.6 is 15.9 Å². The standard InChI is InChI=1S/C17H20BrNO/c18-15-6-4-14-11-16(7-5-13(14)10-15)19-12-17(20)8-2-1-3-9-17/h4-7,10-11,19-20H,1-3,8-9,12H2. The van der Waals surface area contributed by atoms with Crippen LogP contribution in [0.2, 0.25) is 0 Å². The lowest BCUT2D eigenvalue weighted by Crippen LogP contribution is -2.38. The number of fused-ring (bicyclic) bond motifs is 1. The minimum absolute atomic E-state index is 0.521. The molecule has 2 aromatic rings. The zero-order valence-electron chi connectivity index (χ0n) is 11.5. The molecule has 0 aliphatic heterocycles. The van der Waals surface area contributed by atoms with Gasteiger partial charge in [0.15, 0.2) is 0 Å². The Morgan fingerprint density at radius 3 is 2.50 bits per heavy atom. The van der Waals surface area contributed by atoms with Crippen molar-refractivity contribution in [3.8, 4) is 0 Å². The van der Waals surface area contributed by atoms with E-state index in [1.807, 2.05) is 0 Å². The van der Waals surface area contributed by atoms with Gasteiger partial charge in [-0.05, 0) is 47.9 Å². The minimum Gasteiger partial charge on any atom is -0.388 e. The average Bonchev–Trinajstić information content (AvgIpc) is 2.46. The van der Waals surface area contributed by atoms with E-state index in [-0.39, 0.29) is 0 Å². The molecule has 0 atom stereocenters. The van der Waals surface area contributed by atoms with Crippen molar-refractivity contribution in [1.29, 1.82) is 0 Å². The van der Waals surface area contributed by atoms with Crippen LogP contribution in [-0.4, -0.2) is 17.3 Å². The SMILES string of the molecule is OC1(CNc2ccc3cc(Br)ccc3c2)CCCCC1. The molecule has 1 saturated carbocycles. The van der Waals surface area contributed by atoms with Crippen molar-refractivity contribution in [2.75, 3.05) is 11.9 Å². The molecule has 2 aromatic carbocycles. The van der Waals surface area contributed by atoms with E-state index in [0.717, 1.165) is 35.8 Å². The molecule has 2 nitrogen and oxygen atoms in total. The van der Waals surface area contributed by atoms with Gasteiger partial charge in [0.1, 0.15) is 0 Å². The lowest BCUT2D eigenvalue weighted by molar-refractivity contribution is 0.0167. The second kappa shape index (κ2) is 5.74. The number of halogens is 1. The van der Waals surface area contributed by atoms with Crippen LogP contribution in [0.4, 0.5) is 5.69 Å². The number of nitrogens with one attached hydrogen (secondary N) is 1. The average molecular weight is 334 g/mol. The summed E-state index contributed by atoms with van der Waals surface area (Å²) in [6.45, 7) is 0.648. The molecule has 0 unspecified atom stereocenters. The molecule has 0 aromatic heterocycles. The van der Waals surface area contributed by atoms with Crippen LogP contribution in [-0.2, 0) is 0 Å². The summed E-state index contributed by atoms with van der Waals surface area (Å²) >= 11 is 3.49. The van der Waals surface area contributed by atoms with E-state index >= 15 is 0 Å². The maximum atomic E-state index is 10.5. The van der Waals surface area contributed by atoms with Crippen molar-refractivity contribution in [2.45, 2.75) is 37.7 Å². The number of hydrogen-bond donors (Lipinski definition) is 2. The third-order valence-corrected chi connectivity index (χ3v) is 4.70. The van der Waals surface area contributed by atoms with Gasteiger partial charge >= 0.3 is 0 Å². The Kier molecular flexibility index (Phi) is 3.99. The summed E-state index contributed by atoms with van der Waals surface area (Å²) in [4.78, 5) is 0. The molecule has 1 aliphatic carbocycles. The first-order chi connectivity index (χ1) is 9.65. The fraction of sp³-hybridized carbons (Fsp3) is 0.412. The largest absolute Gasteiger partial charge is 0.388 e. The number of anilines is 1. The first-order valence-corrected chi connectivity index (χ1v) is 8.10. The summed E-state index contributed by atoms with van der Waals surface area (Å²) in [5.41, 5.74) is 0.561. The molecule has 1 aliphatic rings. The molecule has 0 saturated heterocycles. The number of aliphatic hydroxyl groups is 1. The highest BCUT2D eigenvalue weighted by Crippen LogP contribution is 2.29. The van der Waals surface area contributed by atoms with Gasteiger partial charge in [-0.2, -0.15) is 0 Å². The maximum absolute atomic E-state index is 10.5. The van der Waals surface area contributed by atoms with E-state index in [1.165, 1.54) is 17.2 Å². The summed E-state index contributed by atoms with van der Waals surface area (Å²) in [6, 6.07) is 12.6. The molecule has 1 fully saturated rings. The fourth-order valence-corrected chi connectivity index (χ4v) is 3.36. The summed E-state index contributed by atoms with van der Waals surface area (Å²) in [7, 11) is 0. The first kappa shape index (κ1) is 13.9. The third-order valence-electron chi connectivity index (χ3n) is 4.21. The molecule has 106 valence electrons. The lowest BCUT2D eigenvalue weighted by atomic mass is 9.85. The Hall–Kier alpha value is -1.06. The first-order valence-electron chi connectivity index (χ1n) is 7.30. The second-order valence-corrected chi connectivity index (χ2v) is 6.76. The quantitative estimate of drug-likeness (QED) is 0.852. The van der Waals surface area contributed by atoms with Crippen molar-refractivity contribution in [1.82, 2.24) is 0 Å². The fourth-order valence-electron chi connectivity index (χ4n) is 2.98. The van der Waals surface area contributed by atoms with Gasteiger partial charge in [0.05, 0.1) is 5.60 Å². The number of hydrogen-bond acceptors (Lipinski definition) is 2. The molecule has 0 amide bonds. The van der Waals surface area contributed by atoms with Crippen LogP contribution in [0.5, 0.6) is 0 Å². The van der Waals surface area contributed by atoms with E-state index in [2.05, 4.69) is 57.6 Å². The van der Waals surface area contributed by atoms with Gasteiger partial charge in [0, 0.05) is 16.7 Å². The van der Waals surface area contributed by atoms with E-state index in [0.29, 0.717) is 6.54 Å². The molecule has 0 heterocycles. The molecular formula is C17H20BrNO. The predicted molar refractivity (Wildman–Crippen MR) is 88.2 cm³/mol. The van der Waals surface area contributed by atoms with Crippen LogP contribution in [0.1, 0.15) is 32.1 Å². The van der Waals surface area contributed by atoms with Crippen molar-refractivity contribution in [3.63, 3.8) is 0 Å². The monoisotopic (exact) mass is 333 g/mol.